The van der Waals surface area contributed by atoms with Gasteiger partial charge in [0.25, 0.3) is 5.91 Å². The molecule has 0 radical (unpaired) electrons. The molecule has 22 heavy (non-hydrogen) atoms. The first kappa shape index (κ1) is 16.6. The van der Waals surface area contributed by atoms with Gasteiger partial charge in [0, 0.05) is 30.9 Å². The van der Waals surface area contributed by atoms with Crippen molar-refractivity contribution < 1.29 is 9.59 Å². The molecule has 0 aliphatic carbocycles. The zero-order valence-corrected chi connectivity index (χ0v) is 13.4. The highest BCUT2D eigenvalue weighted by molar-refractivity contribution is 5.99. The fraction of sp³-hybridized carbons (Fsp3) is 0.500. The Labute approximate surface area is 136 Å². The predicted octanol–water partition coefficient (Wildman–Crippen LogP) is 1.82. The van der Waals surface area contributed by atoms with Gasteiger partial charge in [-0.2, -0.15) is 0 Å². The number of nitrogens with zero attached hydrogens (tertiary/aromatic N) is 1. The normalized spacial score (nSPS) is 16.3. The zero-order valence-electron chi connectivity index (χ0n) is 12.6. The van der Waals surface area contributed by atoms with Crippen LogP contribution in [0, 0.1) is 0 Å². The van der Waals surface area contributed by atoms with Crippen LogP contribution < -0.4 is 10.6 Å². The molecule has 1 saturated heterocycles. The van der Waals surface area contributed by atoms with Gasteiger partial charge in [-0.15, -0.1) is 12.4 Å². The molecule has 1 aromatic rings. The summed E-state index contributed by atoms with van der Waals surface area (Å²) in [5.41, 5.74) is 2.79. The van der Waals surface area contributed by atoms with Gasteiger partial charge in [-0.3, -0.25) is 9.59 Å². The molecule has 0 spiro atoms. The number of hydrogen-bond acceptors (Lipinski definition) is 3. The van der Waals surface area contributed by atoms with E-state index in [1.165, 1.54) is 0 Å². The van der Waals surface area contributed by atoms with E-state index in [4.69, 9.17) is 0 Å². The second kappa shape index (κ2) is 7.49. The van der Waals surface area contributed by atoms with Crippen LogP contribution in [0.2, 0.25) is 0 Å². The molecule has 2 aliphatic heterocycles. The molecule has 1 fully saturated rings. The molecule has 6 heteroatoms. The Morgan fingerprint density at radius 2 is 1.95 bits per heavy atom. The third-order valence-corrected chi connectivity index (χ3v) is 4.20. The Morgan fingerprint density at radius 1 is 1.18 bits per heavy atom. The first-order chi connectivity index (χ1) is 10.3. The molecule has 0 unspecified atom stereocenters. The summed E-state index contributed by atoms with van der Waals surface area (Å²) in [6, 6.07) is 5.72. The van der Waals surface area contributed by atoms with Crippen LogP contribution in [0.1, 0.15) is 35.2 Å². The van der Waals surface area contributed by atoms with E-state index in [1.807, 2.05) is 23.1 Å². The average molecular weight is 324 g/mol. The molecule has 2 N–H and O–H groups in total. The average Bonchev–Trinajstić information content (AvgIpc) is 3.06. The molecule has 2 heterocycles. The number of amides is 2. The summed E-state index contributed by atoms with van der Waals surface area (Å²) in [6.07, 6.45) is 4.07. The quantitative estimate of drug-likeness (QED) is 0.892. The number of benzene rings is 1. The van der Waals surface area contributed by atoms with Crippen molar-refractivity contribution in [2.24, 2.45) is 0 Å². The fourth-order valence-electron chi connectivity index (χ4n) is 3.05. The van der Waals surface area contributed by atoms with E-state index in [1.54, 1.807) is 0 Å². The van der Waals surface area contributed by atoms with Gasteiger partial charge in [0.15, 0.2) is 0 Å². The highest BCUT2D eigenvalue weighted by Crippen LogP contribution is 2.25. The summed E-state index contributed by atoms with van der Waals surface area (Å²) in [4.78, 5) is 26.1. The van der Waals surface area contributed by atoms with Crippen LogP contribution in [0.3, 0.4) is 0 Å². The van der Waals surface area contributed by atoms with Gasteiger partial charge in [0.1, 0.15) is 0 Å². The Balaban J connectivity index is 0.00000176. The summed E-state index contributed by atoms with van der Waals surface area (Å²) < 4.78 is 0. The number of nitrogens with one attached hydrogen (secondary N) is 2. The third kappa shape index (κ3) is 3.53. The minimum absolute atomic E-state index is 0. The molecule has 120 valence electrons. The molecule has 0 atom stereocenters. The lowest BCUT2D eigenvalue weighted by molar-refractivity contribution is -0.129. The van der Waals surface area contributed by atoms with Crippen LogP contribution in [0.4, 0.5) is 5.69 Å². The van der Waals surface area contributed by atoms with Gasteiger partial charge in [-0.05, 0) is 43.4 Å². The third-order valence-electron chi connectivity index (χ3n) is 4.20. The van der Waals surface area contributed by atoms with Gasteiger partial charge in [0.05, 0.1) is 6.54 Å². The minimum Gasteiger partial charge on any atom is -0.385 e. The number of anilines is 1. The van der Waals surface area contributed by atoms with Crippen molar-refractivity contribution in [1.29, 1.82) is 0 Å². The number of likely N-dealkylation sites (tertiary alicyclic amines) is 1. The molecule has 0 aromatic heterocycles. The first-order valence-electron chi connectivity index (χ1n) is 7.67. The summed E-state index contributed by atoms with van der Waals surface area (Å²) >= 11 is 0. The zero-order chi connectivity index (χ0) is 14.7. The second-order valence-electron chi connectivity index (χ2n) is 5.63. The van der Waals surface area contributed by atoms with Crippen LogP contribution in [-0.4, -0.2) is 42.9 Å². The van der Waals surface area contributed by atoms with Crippen LogP contribution in [0.15, 0.2) is 18.2 Å². The number of rotatable bonds is 3. The lowest BCUT2D eigenvalue weighted by atomic mass is 9.97. The molecule has 0 saturated carbocycles. The van der Waals surface area contributed by atoms with Crippen molar-refractivity contribution in [2.75, 3.05) is 31.5 Å². The van der Waals surface area contributed by atoms with Gasteiger partial charge >= 0.3 is 0 Å². The second-order valence-corrected chi connectivity index (χ2v) is 5.63. The number of halogens is 1. The molecular weight excluding hydrogens is 302 g/mol. The maximum Gasteiger partial charge on any atom is 0.252 e. The van der Waals surface area contributed by atoms with E-state index in [-0.39, 0.29) is 30.8 Å². The molecule has 1 aromatic carbocycles. The van der Waals surface area contributed by atoms with Crippen LogP contribution >= 0.6 is 12.4 Å². The number of carbonyl (C=O) groups is 2. The van der Waals surface area contributed by atoms with Crippen molar-refractivity contribution in [1.82, 2.24) is 10.2 Å². The Bertz CT molecular complexity index is 556. The summed E-state index contributed by atoms with van der Waals surface area (Å²) in [7, 11) is 0. The minimum atomic E-state index is -0.150. The highest BCUT2D eigenvalue weighted by Gasteiger charge is 2.20. The van der Waals surface area contributed by atoms with E-state index >= 15 is 0 Å². The number of fused-ring (bicyclic) bond motifs is 1. The van der Waals surface area contributed by atoms with Crippen LogP contribution in [0.5, 0.6) is 0 Å². The fourth-order valence-corrected chi connectivity index (χ4v) is 3.05. The Morgan fingerprint density at radius 3 is 2.73 bits per heavy atom. The number of hydrogen-bond donors (Lipinski definition) is 2. The predicted molar refractivity (Wildman–Crippen MR) is 88.6 cm³/mol. The first-order valence-corrected chi connectivity index (χ1v) is 7.67. The van der Waals surface area contributed by atoms with Crippen molar-refractivity contribution >= 4 is 29.9 Å². The highest BCUT2D eigenvalue weighted by atomic mass is 35.5. The molecule has 5 nitrogen and oxygen atoms in total. The van der Waals surface area contributed by atoms with Crippen molar-refractivity contribution in [2.45, 2.75) is 25.7 Å². The van der Waals surface area contributed by atoms with Crippen molar-refractivity contribution in [3.05, 3.63) is 29.3 Å². The summed E-state index contributed by atoms with van der Waals surface area (Å²) in [6.45, 7) is 2.68. The van der Waals surface area contributed by atoms with Gasteiger partial charge in [-0.1, -0.05) is 6.07 Å². The monoisotopic (exact) mass is 323 g/mol. The van der Waals surface area contributed by atoms with Gasteiger partial charge in [-0.25, -0.2) is 0 Å². The molecular formula is C16H22ClN3O2. The Kier molecular flexibility index (Phi) is 5.66. The van der Waals surface area contributed by atoms with E-state index in [0.717, 1.165) is 56.6 Å². The van der Waals surface area contributed by atoms with E-state index in [9.17, 15) is 9.59 Å². The van der Waals surface area contributed by atoms with Crippen molar-refractivity contribution in [3.63, 3.8) is 0 Å². The lowest BCUT2D eigenvalue weighted by Crippen LogP contribution is -2.39. The van der Waals surface area contributed by atoms with E-state index in [2.05, 4.69) is 10.6 Å². The molecule has 3 rings (SSSR count). The number of carbonyl (C=O) groups excluding carboxylic acids is 2. The smallest absolute Gasteiger partial charge is 0.252 e. The van der Waals surface area contributed by atoms with Gasteiger partial charge in [0.2, 0.25) is 5.91 Å². The summed E-state index contributed by atoms with van der Waals surface area (Å²) in [5, 5.41) is 6.08. The summed E-state index contributed by atoms with van der Waals surface area (Å²) in [5.74, 6) is -0.133. The molecule has 2 amide bonds. The maximum absolute atomic E-state index is 12.3. The van der Waals surface area contributed by atoms with Crippen LogP contribution in [0.25, 0.3) is 0 Å². The van der Waals surface area contributed by atoms with Crippen LogP contribution in [-0.2, 0) is 11.2 Å². The van der Waals surface area contributed by atoms with E-state index < -0.39 is 0 Å². The molecule has 0 bridgehead atoms. The lowest BCUT2D eigenvalue weighted by Gasteiger charge is -2.21. The van der Waals surface area contributed by atoms with Crippen molar-refractivity contribution in [3.8, 4) is 0 Å². The SMILES string of the molecule is Cl.O=C(NCC(=O)N1CCCC1)c1cccc2c1CCCN2. The van der Waals surface area contributed by atoms with Gasteiger partial charge < -0.3 is 15.5 Å². The van der Waals surface area contributed by atoms with E-state index in [0.29, 0.717) is 5.56 Å². The largest absolute Gasteiger partial charge is 0.385 e. The standard InChI is InChI=1S/C16H21N3O2.ClH/c20-15(19-9-1-2-10-19)11-18-16(21)13-5-3-7-14-12(13)6-4-8-17-14;/h3,5,7,17H,1-2,4,6,8-11H2,(H,18,21);1H. The Hall–Kier alpha value is -1.75. The topological polar surface area (TPSA) is 61.4 Å². The molecule has 2 aliphatic rings. The maximum atomic E-state index is 12.3.